The van der Waals surface area contributed by atoms with Crippen LogP contribution in [0.4, 0.5) is 0 Å². The smallest absolute Gasteiger partial charge is 0.223 e. The average molecular weight is 374 g/mol. The molecule has 5 heteroatoms. The molecular weight excluding hydrogens is 338 g/mol. The first-order valence-electron chi connectivity index (χ1n) is 11.2. The van der Waals surface area contributed by atoms with E-state index in [2.05, 4.69) is 16.5 Å². The molecule has 1 aromatic heterocycles. The third kappa shape index (κ3) is 4.08. The fourth-order valence-corrected chi connectivity index (χ4v) is 5.33. The van der Waals surface area contributed by atoms with Crippen molar-refractivity contribution in [2.45, 2.75) is 96.7 Å². The van der Waals surface area contributed by atoms with E-state index in [0.29, 0.717) is 18.9 Å². The predicted octanol–water partition coefficient (Wildman–Crippen LogP) is 4.39. The predicted molar refractivity (Wildman–Crippen MR) is 105 cm³/mol. The van der Waals surface area contributed by atoms with E-state index in [1.54, 1.807) is 0 Å². The molecule has 0 aromatic carbocycles. The first-order valence-corrected chi connectivity index (χ1v) is 11.2. The first-order chi connectivity index (χ1) is 13.3. The van der Waals surface area contributed by atoms with Crippen molar-refractivity contribution in [1.82, 2.24) is 14.7 Å². The Morgan fingerprint density at radius 2 is 1.96 bits per heavy atom. The van der Waals surface area contributed by atoms with E-state index >= 15 is 0 Å². The molecule has 150 valence electrons. The number of fused-ring (bicyclic) bond motifs is 1. The molecule has 1 unspecified atom stereocenters. The number of aryl methyl sites for hydroxylation is 1. The molecular formula is C22H35N3O2. The highest BCUT2D eigenvalue weighted by atomic mass is 16.5. The van der Waals surface area contributed by atoms with Gasteiger partial charge in [0.15, 0.2) is 0 Å². The molecule has 3 aliphatic rings. The Balaban J connectivity index is 1.49. The van der Waals surface area contributed by atoms with Gasteiger partial charge in [0.25, 0.3) is 0 Å². The van der Waals surface area contributed by atoms with Crippen molar-refractivity contribution >= 4 is 5.91 Å². The maximum Gasteiger partial charge on any atom is 0.223 e. The van der Waals surface area contributed by atoms with Crippen LogP contribution in [0, 0.1) is 5.92 Å². The van der Waals surface area contributed by atoms with Crippen LogP contribution >= 0.6 is 0 Å². The van der Waals surface area contributed by atoms with Crippen LogP contribution in [0.25, 0.3) is 0 Å². The van der Waals surface area contributed by atoms with Gasteiger partial charge >= 0.3 is 0 Å². The number of rotatable bonds is 5. The maximum atomic E-state index is 13.1. The summed E-state index contributed by atoms with van der Waals surface area (Å²) in [5.41, 5.74) is 3.72. The molecule has 1 saturated heterocycles. The maximum absolute atomic E-state index is 13.1. The van der Waals surface area contributed by atoms with Gasteiger partial charge in [-0.1, -0.05) is 32.1 Å². The van der Waals surface area contributed by atoms with Crippen molar-refractivity contribution in [3.63, 3.8) is 0 Å². The van der Waals surface area contributed by atoms with Gasteiger partial charge in [0.05, 0.1) is 24.9 Å². The molecule has 0 radical (unpaired) electrons. The van der Waals surface area contributed by atoms with E-state index in [-0.39, 0.29) is 6.04 Å². The minimum atomic E-state index is 0.154. The van der Waals surface area contributed by atoms with Crippen molar-refractivity contribution in [3.05, 3.63) is 17.0 Å². The van der Waals surface area contributed by atoms with Crippen LogP contribution in [-0.2, 0) is 29.1 Å². The molecule has 0 N–H and O–H groups in total. The quantitative estimate of drug-likeness (QED) is 0.769. The van der Waals surface area contributed by atoms with Gasteiger partial charge in [-0.3, -0.25) is 9.48 Å². The third-order valence-electron chi connectivity index (χ3n) is 6.86. The monoisotopic (exact) mass is 373 g/mol. The Morgan fingerprint density at radius 3 is 2.78 bits per heavy atom. The molecule has 1 atom stereocenters. The summed E-state index contributed by atoms with van der Waals surface area (Å²) in [6, 6.07) is 0.154. The number of carbonyl (C=O) groups is 1. The molecule has 3 heterocycles. The van der Waals surface area contributed by atoms with Crippen LogP contribution < -0.4 is 0 Å². The number of carbonyl (C=O) groups excluding carboxylic acids is 1. The van der Waals surface area contributed by atoms with Crippen LogP contribution in [0.15, 0.2) is 0 Å². The van der Waals surface area contributed by atoms with Crippen LogP contribution in [-0.4, -0.2) is 33.7 Å². The van der Waals surface area contributed by atoms with Gasteiger partial charge in [-0.05, 0) is 38.5 Å². The lowest BCUT2D eigenvalue weighted by Crippen LogP contribution is -2.39. The lowest BCUT2D eigenvalue weighted by molar-refractivity contribution is -0.135. The summed E-state index contributed by atoms with van der Waals surface area (Å²) in [5, 5.41) is 4.96. The molecule has 4 rings (SSSR count). The summed E-state index contributed by atoms with van der Waals surface area (Å²) in [6.07, 6.45) is 12.8. The molecule has 1 aliphatic carbocycles. The van der Waals surface area contributed by atoms with Gasteiger partial charge in [0.2, 0.25) is 5.91 Å². The minimum absolute atomic E-state index is 0.154. The lowest BCUT2D eigenvalue weighted by Gasteiger charge is -2.36. The topological polar surface area (TPSA) is 47.4 Å². The second-order valence-electron chi connectivity index (χ2n) is 8.57. The Labute approximate surface area is 163 Å². The highest BCUT2D eigenvalue weighted by molar-refractivity contribution is 5.76. The van der Waals surface area contributed by atoms with Crippen molar-refractivity contribution < 1.29 is 9.53 Å². The van der Waals surface area contributed by atoms with E-state index in [1.165, 1.54) is 49.8 Å². The normalized spacial score (nSPS) is 24.0. The van der Waals surface area contributed by atoms with Crippen molar-refractivity contribution in [3.8, 4) is 0 Å². The number of likely N-dealkylation sites (tertiary alicyclic amines) is 1. The van der Waals surface area contributed by atoms with E-state index in [4.69, 9.17) is 9.84 Å². The zero-order valence-corrected chi connectivity index (χ0v) is 16.9. The van der Waals surface area contributed by atoms with E-state index in [0.717, 1.165) is 57.0 Å². The number of hydrogen-bond donors (Lipinski definition) is 0. The number of ether oxygens (including phenoxy) is 1. The van der Waals surface area contributed by atoms with Gasteiger partial charge < -0.3 is 9.64 Å². The summed E-state index contributed by atoms with van der Waals surface area (Å²) in [4.78, 5) is 15.3. The molecule has 1 amide bonds. The second-order valence-corrected chi connectivity index (χ2v) is 8.57. The Bertz CT molecular complexity index is 648. The fourth-order valence-electron chi connectivity index (χ4n) is 5.33. The average Bonchev–Trinajstić information content (AvgIpc) is 3.11. The first kappa shape index (κ1) is 19.0. The minimum Gasteiger partial charge on any atom is -0.376 e. The highest BCUT2D eigenvalue weighted by Crippen LogP contribution is 2.36. The number of hydrogen-bond acceptors (Lipinski definition) is 3. The van der Waals surface area contributed by atoms with E-state index < -0.39 is 0 Å². The third-order valence-corrected chi connectivity index (χ3v) is 6.86. The Kier molecular flexibility index (Phi) is 6.16. The molecule has 0 bridgehead atoms. The molecule has 5 nitrogen and oxygen atoms in total. The van der Waals surface area contributed by atoms with Crippen LogP contribution in [0.5, 0.6) is 0 Å². The number of amides is 1. The van der Waals surface area contributed by atoms with Crippen LogP contribution in [0.1, 0.15) is 94.1 Å². The van der Waals surface area contributed by atoms with Gasteiger partial charge in [-0.15, -0.1) is 0 Å². The molecule has 27 heavy (non-hydrogen) atoms. The summed E-state index contributed by atoms with van der Waals surface area (Å²) >= 11 is 0. The number of aromatic nitrogens is 2. The lowest BCUT2D eigenvalue weighted by atomic mass is 9.86. The van der Waals surface area contributed by atoms with Gasteiger partial charge in [0.1, 0.15) is 0 Å². The van der Waals surface area contributed by atoms with E-state index in [9.17, 15) is 4.79 Å². The van der Waals surface area contributed by atoms with Crippen LogP contribution in [0.3, 0.4) is 0 Å². The molecule has 0 spiro atoms. The van der Waals surface area contributed by atoms with Crippen molar-refractivity contribution in [2.24, 2.45) is 5.92 Å². The zero-order chi connectivity index (χ0) is 18.6. The van der Waals surface area contributed by atoms with Gasteiger partial charge in [-0.25, -0.2) is 0 Å². The second kappa shape index (κ2) is 8.76. The molecule has 2 fully saturated rings. The number of nitrogens with zero attached hydrogens (tertiary/aromatic N) is 3. The van der Waals surface area contributed by atoms with Gasteiger partial charge in [0, 0.05) is 37.2 Å². The molecule has 2 aliphatic heterocycles. The summed E-state index contributed by atoms with van der Waals surface area (Å²) in [7, 11) is 0. The molecule has 1 saturated carbocycles. The summed E-state index contributed by atoms with van der Waals surface area (Å²) in [5.74, 6) is 1.12. The SMILES string of the molecule is CCn1nc(C2CCCCN2C(=O)CCC2CCCCC2)c2c1CCOC2. The van der Waals surface area contributed by atoms with Crippen molar-refractivity contribution in [2.75, 3.05) is 13.2 Å². The van der Waals surface area contributed by atoms with Crippen molar-refractivity contribution in [1.29, 1.82) is 0 Å². The van der Waals surface area contributed by atoms with Gasteiger partial charge in [-0.2, -0.15) is 5.10 Å². The molecule has 1 aromatic rings. The fraction of sp³-hybridized carbons (Fsp3) is 0.818. The summed E-state index contributed by atoms with van der Waals surface area (Å²) < 4.78 is 7.90. The number of piperidine rings is 1. The largest absolute Gasteiger partial charge is 0.376 e. The highest BCUT2D eigenvalue weighted by Gasteiger charge is 2.34. The Morgan fingerprint density at radius 1 is 1.15 bits per heavy atom. The van der Waals surface area contributed by atoms with E-state index in [1.807, 2.05) is 0 Å². The zero-order valence-electron chi connectivity index (χ0n) is 16.9. The standard InChI is InChI=1S/C22H35N3O2/c1-2-25-19-13-15-27-16-18(19)22(23-25)20-10-6-7-14-24(20)21(26)12-11-17-8-4-3-5-9-17/h17,20H,2-16H2,1H3. The summed E-state index contributed by atoms with van der Waals surface area (Å²) in [6.45, 7) is 5.38. The van der Waals surface area contributed by atoms with Crippen LogP contribution in [0.2, 0.25) is 0 Å². The Hall–Kier alpha value is -1.36.